The molecule has 0 radical (unpaired) electrons. The molecule has 0 saturated carbocycles. The molecule has 16 N–H and O–H groups in total. The van der Waals surface area contributed by atoms with E-state index in [1.165, 1.54) is 0 Å². The van der Waals surface area contributed by atoms with Crippen molar-refractivity contribution in [2.45, 2.75) is 157 Å². The van der Waals surface area contributed by atoms with Crippen LogP contribution in [0.1, 0.15) is 173 Å². The van der Waals surface area contributed by atoms with Crippen LogP contribution in [-0.4, -0.2) is 204 Å². The van der Waals surface area contributed by atoms with Gasteiger partial charge >= 0.3 is 23.9 Å². The summed E-state index contributed by atoms with van der Waals surface area (Å²) in [5.74, 6) is 0.897. The number of hydrogen-bond acceptors (Lipinski definition) is 30. The molecule has 0 aliphatic carbocycles. The van der Waals surface area contributed by atoms with Crippen LogP contribution >= 0.6 is 0 Å². The van der Waals surface area contributed by atoms with Gasteiger partial charge in [-0.2, -0.15) is 21.9 Å². The molecule has 626 valence electrons. The fourth-order valence-electron chi connectivity index (χ4n) is 11.4. The highest BCUT2D eigenvalue weighted by Gasteiger charge is 2.21. The Morgan fingerprint density at radius 1 is 0.304 bits per heavy atom. The van der Waals surface area contributed by atoms with Gasteiger partial charge in [-0.3, -0.25) is 38.4 Å². The van der Waals surface area contributed by atoms with E-state index in [9.17, 15) is 38.4 Å². The van der Waals surface area contributed by atoms with Crippen LogP contribution in [0.2, 0.25) is 0 Å². The maximum absolute atomic E-state index is 13.3. The predicted molar refractivity (Wildman–Crippen MR) is 420 cm³/mol. The zero-order chi connectivity index (χ0) is 82.3. The number of benzene rings is 4. The Balaban J connectivity index is 1.32. The second-order valence-corrected chi connectivity index (χ2v) is 27.0. The van der Waals surface area contributed by atoms with Crippen LogP contribution in [0.4, 0.5) is 0 Å². The summed E-state index contributed by atoms with van der Waals surface area (Å²) in [4.78, 5) is 128. The minimum atomic E-state index is -0.520. The quantitative estimate of drug-likeness (QED) is 0.0163. The SMILES string of the molecule is COc1cc(C(C)N)c(C)cc1OCCCC(=O)ONCCNC(=O)CCN(CCC(=O)NCCNOC(=O)CCCOc1cc(C)c(C(C)N)cc1OC)CCN(CCC(=O)NCCNOC(=O)CCCOc1cc(C)c(C(C)N)cc1OC)CCC(=O)NCCNOC(=O)CCCOc1cc(C)c(C(C)N)cc1OC. The first kappa shape index (κ1) is 95.0. The highest BCUT2D eigenvalue weighted by atomic mass is 16.7. The number of ether oxygens (including phenoxy) is 8. The van der Waals surface area contributed by atoms with Gasteiger partial charge in [0.25, 0.3) is 0 Å². The highest BCUT2D eigenvalue weighted by molar-refractivity contribution is 5.78. The number of nitrogens with zero attached hydrogens (tertiary/aromatic N) is 2. The summed E-state index contributed by atoms with van der Waals surface area (Å²) in [5.41, 5.74) is 42.3. The molecule has 0 fully saturated rings. The number of nitrogens with one attached hydrogen (secondary N) is 8. The molecule has 0 bridgehead atoms. The number of methoxy groups -OCH3 is 4. The fraction of sp³-hybridized carbons (Fsp3) is 0.590. The predicted octanol–water partition coefficient (Wildman–Crippen LogP) is 4.59. The number of hydroxylamine groups is 4. The lowest BCUT2D eigenvalue weighted by molar-refractivity contribution is -0.152. The Hall–Kier alpha value is -9.36. The van der Waals surface area contributed by atoms with Crippen molar-refractivity contribution in [2.24, 2.45) is 22.9 Å². The molecule has 0 spiro atoms. The average Bonchev–Trinajstić information content (AvgIpc) is 0.849. The van der Waals surface area contributed by atoms with E-state index in [0.717, 1.165) is 44.5 Å². The minimum Gasteiger partial charge on any atom is -0.493 e. The summed E-state index contributed by atoms with van der Waals surface area (Å²) in [5, 5.41) is 11.3. The van der Waals surface area contributed by atoms with Gasteiger partial charge in [-0.1, -0.05) is 0 Å². The van der Waals surface area contributed by atoms with Crippen molar-refractivity contribution >= 4 is 47.5 Å². The van der Waals surface area contributed by atoms with Gasteiger partial charge in [0, 0.05) is 141 Å². The maximum Gasteiger partial charge on any atom is 0.324 e. The summed E-state index contributed by atoms with van der Waals surface area (Å²) in [6, 6.07) is 14.0. The van der Waals surface area contributed by atoms with Crippen molar-refractivity contribution in [3.63, 3.8) is 0 Å². The second kappa shape index (κ2) is 53.6. The Kier molecular flexibility index (Phi) is 45.4. The zero-order valence-electron chi connectivity index (χ0n) is 67.5. The first-order chi connectivity index (χ1) is 53.7. The standard InChI is InChI=1S/C78H124N14O20/c1-51-43-67(63(101-9)47-59(51)55(5)79)105-39-13-17-75(97)109-87-29-25-83-71(93)21-33-91(34-22-72(94)84-26-30-88-110-76(98)18-14-40-106-68-44-52(2)60(56(6)80)48-64(68)102-10)37-38-92(35-23-73(95)85-27-31-89-111-77(99)19-15-41-107-69-45-53(3)61(57(7)81)49-65(69)103-11)36-24-74(96)86-28-32-90-112-78(100)20-16-42-108-70-46-54(4)62(58(8)82)50-66(70)104-12/h43-50,55-58,87-90H,13-42,79-82H2,1-12H3,(H,83,93)(H,84,94)(H,85,95)(H,86,96). The largest absolute Gasteiger partial charge is 0.493 e. The molecule has 4 rings (SSSR count). The second-order valence-electron chi connectivity index (χ2n) is 27.0. The molecule has 4 aromatic rings. The number of carbonyl (C=O) groups is 8. The molecule has 4 atom stereocenters. The van der Waals surface area contributed by atoms with E-state index < -0.39 is 23.9 Å². The lowest BCUT2D eigenvalue weighted by Gasteiger charge is -2.27. The number of rotatable bonds is 59. The van der Waals surface area contributed by atoms with Crippen molar-refractivity contribution in [1.29, 1.82) is 0 Å². The third-order valence-corrected chi connectivity index (χ3v) is 17.6. The lowest BCUT2D eigenvalue weighted by Crippen LogP contribution is -2.42. The Morgan fingerprint density at radius 3 is 0.696 bits per heavy atom. The molecular weight excluding hydrogens is 1450 g/mol. The van der Waals surface area contributed by atoms with Gasteiger partial charge in [-0.15, -0.1) is 0 Å². The average molecular weight is 1580 g/mol. The van der Waals surface area contributed by atoms with Gasteiger partial charge in [-0.25, -0.2) is 0 Å². The maximum atomic E-state index is 13.3. The fourth-order valence-corrected chi connectivity index (χ4v) is 11.4. The van der Waals surface area contributed by atoms with Gasteiger partial charge in [0.1, 0.15) is 0 Å². The van der Waals surface area contributed by atoms with Crippen molar-refractivity contribution < 1.29 is 95.6 Å². The molecule has 0 saturated heterocycles. The number of carbonyl (C=O) groups excluding carboxylic acids is 8. The summed E-state index contributed by atoms with van der Waals surface area (Å²) in [7, 11) is 6.16. The molecule has 112 heavy (non-hydrogen) atoms. The van der Waals surface area contributed by atoms with E-state index in [-0.39, 0.29) is 204 Å². The topological polar surface area (TPSA) is 454 Å². The van der Waals surface area contributed by atoms with Gasteiger partial charge in [-0.05, 0) is 174 Å². The van der Waals surface area contributed by atoms with E-state index in [1.54, 1.807) is 28.4 Å². The van der Waals surface area contributed by atoms with Crippen LogP contribution in [-0.2, 0) is 57.7 Å². The molecule has 34 heteroatoms. The highest BCUT2D eigenvalue weighted by Crippen LogP contribution is 2.36. The molecular formula is C78H124N14O20. The Morgan fingerprint density at radius 2 is 0.509 bits per heavy atom. The van der Waals surface area contributed by atoms with Crippen LogP contribution in [0.5, 0.6) is 46.0 Å². The molecule has 0 aliphatic heterocycles. The summed E-state index contributed by atoms with van der Waals surface area (Å²) < 4.78 is 45.6. The summed E-state index contributed by atoms with van der Waals surface area (Å²) in [6.07, 6.45) is 1.69. The van der Waals surface area contributed by atoms with Gasteiger partial charge < -0.3 is 111 Å². The molecule has 4 amide bonds. The molecule has 4 aromatic carbocycles. The van der Waals surface area contributed by atoms with Crippen LogP contribution in [0, 0.1) is 27.7 Å². The minimum absolute atomic E-state index is 0.00992. The van der Waals surface area contributed by atoms with Crippen molar-refractivity contribution in [2.75, 3.05) is 146 Å². The van der Waals surface area contributed by atoms with E-state index in [4.69, 9.17) is 80.2 Å². The van der Waals surface area contributed by atoms with Gasteiger partial charge in [0.05, 0.1) is 80.6 Å². The van der Waals surface area contributed by atoms with E-state index in [0.29, 0.717) is 84.8 Å². The number of nitrogens with two attached hydrogens (primary N) is 4. The van der Waals surface area contributed by atoms with Crippen LogP contribution < -0.4 is 104 Å². The van der Waals surface area contributed by atoms with Crippen molar-refractivity contribution in [3.8, 4) is 46.0 Å². The number of hydrogen-bond donors (Lipinski definition) is 12. The smallest absolute Gasteiger partial charge is 0.324 e. The third-order valence-electron chi connectivity index (χ3n) is 17.6. The van der Waals surface area contributed by atoms with Gasteiger partial charge in [0.2, 0.25) is 23.6 Å². The lowest BCUT2D eigenvalue weighted by atomic mass is 10.0. The summed E-state index contributed by atoms with van der Waals surface area (Å²) >= 11 is 0. The number of amides is 4. The zero-order valence-corrected chi connectivity index (χ0v) is 67.5. The first-order valence-corrected chi connectivity index (χ1v) is 38.2. The van der Waals surface area contributed by atoms with Crippen molar-refractivity contribution in [1.82, 2.24) is 53.0 Å². The number of aryl methyl sites for hydroxylation is 4. The Bertz CT molecular complexity index is 3120. The van der Waals surface area contributed by atoms with Crippen LogP contribution in [0.3, 0.4) is 0 Å². The van der Waals surface area contributed by atoms with Gasteiger partial charge in [0.15, 0.2) is 46.0 Å². The monoisotopic (exact) mass is 1580 g/mol. The van der Waals surface area contributed by atoms with E-state index >= 15 is 0 Å². The molecule has 4 unspecified atom stereocenters. The molecule has 0 heterocycles. The normalized spacial score (nSPS) is 12.2. The summed E-state index contributed by atoms with van der Waals surface area (Å²) in [6.45, 7) is 18.4. The van der Waals surface area contributed by atoms with E-state index in [2.05, 4.69) is 43.2 Å². The Labute approximate surface area is 658 Å². The third kappa shape index (κ3) is 37.3. The van der Waals surface area contributed by atoms with Crippen LogP contribution in [0.15, 0.2) is 48.5 Å². The van der Waals surface area contributed by atoms with E-state index in [1.807, 2.05) is 114 Å². The molecule has 0 aliphatic rings. The molecule has 34 nitrogen and oxygen atoms in total. The first-order valence-electron chi connectivity index (χ1n) is 38.2. The van der Waals surface area contributed by atoms with Crippen LogP contribution in [0.25, 0.3) is 0 Å². The molecule has 0 aromatic heterocycles. The van der Waals surface area contributed by atoms with Crippen molar-refractivity contribution in [3.05, 3.63) is 93.0 Å².